The van der Waals surface area contributed by atoms with Crippen molar-refractivity contribution in [1.82, 2.24) is 14.9 Å². The predicted molar refractivity (Wildman–Crippen MR) is 103 cm³/mol. The maximum atomic E-state index is 12.5. The van der Waals surface area contributed by atoms with E-state index in [9.17, 15) is 4.79 Å². The lowest BCUT2D eigenvalue weighted by Crippen LogP contribution is -2.28. The smallest absolute Gasteiger partial charge is 0.225 e. The van der Waals surface area contributed by atoms with Crippen molar-refractivity contribution in [3.8, 4) is 0 Å². The fourth-order valence-electron chi connectivity index (χ4n) is 3.53. The molecule has 1 aliphatic rings. The van der Waals surface area contributed by atoms with Gasteiger partial charge in [-0.3, -0.25) is 4.79 Å². The molecule has 1 aliphatic heterocycles. The molecule has 3 aromatic rings. The van der Waals surface area contributed by atoms with E-state index in [2.05, 4.69) is 39.6 Å². The van der Waals surface area contributed by atoms with Crippen molar-refractivity contribution in [1.29, 1.82) is 0 Å². The lowest BCUT2D eigenvalue weighted by Gasteiger charge is -2.18. The highest BCUT2D eigenvalue weighted by Crippen LogP contribution is 2.23. The normalized spacial score (nSPS) is 17.0. The second-order valence-electron chi connectivity index (χ2n) is 6.71. The van der Waals surface area contributed by atoms with E-state index < -0.39 is 0 Å². The summed E-state index contributed by atoms with van der Waals surface area (Å²) >= 11 is 0. The van der Waals surface area contributed by atoms with E-state index in [1.807, 2.05) is 36.1 Å². The van der Waals surface area contributed by atoms with Gasteiger partial charge in [0.15, 0.2) is 0 Å². The van der Waals surface area contributed by atoms with Crippen LogP contribution in [0.1, 0.15) is 17.7 Å². The number of nitrogens with zero attached hydrogens (tertiary/aromatic N) is 3. The van der Waals surface area contributed by atoms with Gasteiger partial charge in [-0.05, 0) is 23.3 Å². The van der Waals surface area contributed by atoms with E-state index in [1.165, 1.54) is 16.3 Å². The van der Waals surface area contributed by atoms with E-state index in [0.29, 0.717) is 25.3 Å². The Labute approximate surface area is 152 Å². The van der Waals surface area contributed by atoms with E-state index in [4.69, 9.17) is 5.73 Å². The number of anilines is 2. The Hall–Kier alpha value is -3.15. The Morgan fingerprint density at radius 3 is 2.85 bits per heavy atom. The van der Waals surface area contributed by atoms with E-state index in [-0.39, 0.29) is 17.9 Å². The molecule has 0 radical (unpaired) electrons. The third-order valence-electron chi connectivity index (χ3n) is 4.68. The lowest BCUT2D eigenvalue weighted by molar-refractivity contribution is -0.128. The van der Waals surface area contributed by atoms with Crippen LogP contribution in [0.2, 0.25) is 0 Å². The van der Waals surface area contributed by atoms with Crippen molar-refractivity contribution < 1.29 is 4.79 Å². The van der Waals surface area contributed by atoms with Crippen LogP contribution < -0.4 is 11.1 Å². The Balaban J connectivity index is 1.49. The van der Waals surface area contributed by atoms with Gasteiger partial charge in [0, 0.05) is 31.3 Å². The minimum atomic E-state index is 0.0196. The van der Waals surface area contributed by atoms with Crippen LogP contribution in [0.5, 0.6) is 0 Å². The number of fused-ring (bicyclic) bond motifs is 1. The second-order valence-corrected chi connectivity index (χ2v) is 6.71. The van der Waals surface area contributed by atoms with Crippen molar-refractivity contribution in [3.63, 3.8) is 0 Å². The number of benzene rings is 2. The molecule has 0 bridgehead atoms. The molecule has 2 heterocycles. The van der Waals surface area contributed by atoms with Gasteiger partial charge in [0.25, 0.3) is 0 Å². The molecule has 1 atom stereocenters. The Kier molecular flexibility index (Phi) is 4.16. The molecule has 1 amide bonds. The maximum Gasteiger partial charge on any atom is 0.225 e. The van der Waals surface area contributed by atoms with Gasteiger partial charge in [-0.1, -0.05) is 42.5 Å². The molecule has 0 spiro atoms. The van der Waals surface area contributed by atoms with Gasteiger partial charge in [-0.15, -0.1) is 0 Å². The summed E-state index contributed by atoms with van der Waals surface area (Å²) in [6, 6.07) is 16.3. The van der Waals surface area contributed by atoms with Gasteiger partial charge in [-0.2, -0.15) is 4.98 Å². The van der Waals surface area contributed by atoms with Crippen LogP contribution in [0, 0.1) is 6.92 Å². The molecule has 6 heteroatoms. The van der Waals surface area contributed by atoms with Crippen molar-refractivity contribution in [2.45, 2.75) is 25.9 Å². The third-order valence-corrected chi connectivity index (χ3v) is 4.68. The molecule has 132 valence electrons. The largest absolute Gasteiger partial charge is 0.368 e. The number of aromatic nitrogens is 2. The van der Waals surface area contributed by atoms with Gasteiger partial charge in [0.05, 0.1) is 6.04 Å². The highest BCUT2D eigenvalue weighted by molar-refractivity contribution is 5.86. The minimum Gasteiger partial charge on any atom is -0.368 e. The summed E-state index contributed by atoms with van der Waals surface area (Å²) in [6.45, 7) is 3.13. The first-order valence-electron chi connectivity index (χ1n) is 8.70. The predicted octanol–water partition coefficient (Wildman–Crippen LogP) is 2.73. The standard InChI is InChI=1S/C20H21N5O/c1-13-9-18(24-20(21)22-13)23-16-10-19(26)25(12-16)11-15-7-4-6-14-5-2-3-8-17(14)15/h2-9,16H,10-12H2,1H3,(H3,21,22,23,24)/t16-/m0/s1. The first-order chi connectivity index (χ1) is 12.6. The van der Waals surface area contributed by atoms with Crippen LogP contribution in [0.25, 0.3) is 10.8 Å². The van der Waals surface area contributed by atoms with Crippen LogP contribution in [0.3, 0.4) is 0 Å². The van der Waals surface area contributed by atoms with E-state index in [0.717, 1.165) is 5.69 Å². The number of hydrogen-bond donors (Lipinski definition) is 2. The summed E-state index contributed by atoms with van der Waals surface area (Å²) < 4.78 is 0. The zero-order valence-corrected chi connectivity index (χ0v) is 14.6. The zero-order chi connectivity index (χ0) is 18.1. The first kappa shape index (κ1) is 16.3. The molecule has 1 fully saturated rings. The number of aryl methyl sites for hydroxylation is 1. The number of amides is 1. The van der Waals surface area contributed by atoms with Crippen molar-refractivity contribution >= 4 is 28.4 Å². The highest BCUT2D eigenvalue weighted by atomic mass is 16.2. The number of rotatable bonds is 4. The van der Waals surface area contributed by atoms with Gasteiger partial charge in [-0.25, -0.2) is 4.98 Å². The molecular formula is C20H21N5O. The number of hydrogen-bond acceptors (Lipinski definition) is 5. The van der Waals surface area contributed by atoms with Crippen molar-refractivity contribution in [2.75, 3.05) is 17.6 Å². The fraction of sp³-hybridized carbons (Fsp3) is 0.250. The molecule has 2 aromatic carbocycles. The lowest BCUT2D eigenvalue weighted by atomic mass is 10.0. The molecule has 0 unspecified atom stereocenters. The third kappa shape index (κ3) is 3.31. The van der Waals surface area contributed by atoms with Gasteiger partial charge < -0.3 is 16.0 Å². The minimum absolute atomic E-state index is 0.0196. The second kappa shape index (κ2) is 6.63. The van der Waals surface area contributed by atoms with Crippen LogP contribution in [0.4, 0.5) is 11.8 Å². The van der Waals surface area contributed by atoms with E-state index >= 15 is 0 Å². The average Bonchev–Trinajstić information content (AvgIpc) is 2.93. The monoisotopic (exact) mass is 347 g/mol. The molecule has 4 rings (SSSR count). The number of likely N-dealkylation sites (tertiary alicyclic amines) is 1. The van der Waals surface area contributed by atoms with Gasteiger partial charge in [0.1, 0.15) is 5.82 Å². The maximum absolute atomic E-state index is 12.5. The molecule has 3 N–H and O–H groups in total. The van der Waals surface area contributed by atoms with E-state index in [1.54, 1.807) is 0 Å². The molecule has 1 saturated heterocycles. The molecular weight excluding hydrogens is 326 g/mol. The molecule has 26 heavy (non-hydrogen) atoms. The summed E-state index contributed by atoms with van der Waals surface area (Å²) in [6.07, 6.45) is 0.452. The number of nitrogen functional groups attached to an aromatic ring is 1. The zero-order valence-electron chi connectivity index (χ0n) is 14.6. The summed E-state index contributed by atoms with van der Waals surface area (Å²) in [5, 5.41) is 5.70. The summed E-state index contributed by atoms with van der Waals surface area (Å²) in [5.74, 6) is 1.05. The summed E-state index contributed by atoms with van der Waals surface area (Å²) in [5.41, 5.74) is 7.67. The number of nitrogens with two attached hydrogens (primary N) is 1. The first-order valence-corrected chi connectivity index (χ1v) is 8.70. The Morgan fingerprint density at radius 1 is 1.19 bits per heavy atom. The molecule has 0 aliphatic carbocycles. The number of nitrogens with one attached hydrogen (secondary N) is 1. The van der Waals surface area contributed by atoms with Crippen molar-refractivity contribution in [3.05, 3.63) is 59.8 Å². The SMILES string of the molecule is Cc1cc(N[C@H]2CC(=O)N(Cc3cccc4ccccc34)C2)nc(N)n1. The quantitative estimate of drug-likeness (QED) is 0.758. The molecule has 6 nitrogen and oxygen atoms in total. The Bertz CT molecular complexity index is 946. The molecule has 1 aromatic heterocycles. The fourth-order valence-corrected chi connectivity index (χ4v) is 3.53. The van der Waals surface area contributed by atoms with Crippen LogP contribution in [-0.2, 0) is 11.3 Å². The topological polar surface area (TPSA) is 84.1 Å². The summed E-state index contributed by atoms with van der Waals surface area (Å²) in [7, 11) is 0. The number of carbonyl (C=O) groups is 1. The van der Waals surface area contributed by atoms with Crippen LogP contribution >= 0.6 is 0 Å². The molecule has 0 saturated carbocycles. The summed E-state index contributed by atoms with van der Waals surface area (Å²) in [4.78, 5) is 22.6. The van der Waals surface area contributed by atoms with Gasteiger partial charge in [0.2, 0.25) is 11.9 Å². The highest BCUT2D eigenvalue weighted by Gasteiger charge is 2.30. The van der Waals surface area contributed by atoms with Crippen LogP contribution in [0.15, 0.2) is 48.5 Å². The number of carbonyl (C=O) groups excluding carboxylic acids is 1. The Morgan fingerprint density at radius 2 is 2.00 bits per heavy atom. The average molecular weight is 347 g/mol. The van der Waals surface area contributed by atoms with Crippen molar-refractivity contribution in [2.24, 2.45) is 0 Å². The van der Waals surface area contributed by atoms with Gasteiger partial charge >= 0.3 is 0 Å². The van der Waals surface area contributed by atoms with Crippen LogP contribution in [-0.4, -0.2) is 33.4 Å².